The molecule has 0 radical (unpaired) electrons. The summed E-state index contributed by atoms with van der Waals surface area (Å²) in [7, 11) is 0. The van der Waals surface area contributed by atoms with E-state index in [9.17, 15) is 9.50 Å². The third-order valence-corrected chi connectivity index (χ3v) is 3.09. The summed E-state index contributed by atoms with van der Waals surface area (Å²) in [6.07, 6.45) is 0. The molecule has 0 aliphatic heterocycles. The molecule has 1 aromatic heterocycles. The van der Waals surface area contributed by atoms with E-state index in [2.05, 4.69) is 10.1 Å². The number of hydrogen-bond donors (Lipinski definition) is 1. The number of hydrogen-bond acceptors (Lipinski definition) is 4. The van der Waals surface area contributed by atoms with E-state index in [1.807, 2.05) is 20.8 Å². The second kappa shape index (κ2) is 6.28. The molecule has 0 saturated heterocycles. The molecule has 1 N–H and O–H groups in total. The number of nitrogens with zero attached hydrogens (tertiary/aromatic N) is 3. The summed E-state index contributed by atoms with van der Waals surface area (Å²) >= 11 is 0. The fraction of sp³-hybridized carbons (Fsp3) is 0.529. The van der Waals surface area contributed by atoms with Gasteiger partial charge in [-0.2, -0.15) is 5.10 Å². The lowest BCUT2D eigenvalue weighted by Gasteiger charge is -2.22. The Morgan fingerprint density at radius 2 is 1.91 bits per heavy atom. The molecule has 6 heteroatoms. The van der Waals surface area contributed by atoms with Crippen LogP contribution in [0.15, 0.2) is 24.3 Å². The van der Waals surface area contributed by atoms with Gasteiger partial charge in [-0.3, -0.25) is 0 Å². The maximum atomic E-state index is 13.2. The second-order valence-corrected chi connectivity index (χ2v) is 7.32. The first-order valence-electron chi connectivity index (χ1n) is 7.59. The van der Waals surface area contributed by atoms with Crippen LogP contribution in [-0.4, -0.2) is 25.5 Å². The van der Waals surface area contributed by atoms with Gasteiger partial charge >= 0.3 is 0 Å². The van der Waals surface area contributed by atoms with E-state index < -0.39 is 5.60 Å². The quantitative estimate of drug-likeness (QED) is 0.919. The molecule has 2 rings (SSSR count). The van der Waals surface area contributed by atoms with Crippen molar-refractivity contribution in [3.63, 3.8) is 0 Å². The van der Waals surface area contributed by atoms with Gasteiger partial charge in [-0.1, -0.05) is 26.8 Å². The average molecular weight is 321 g/mol. The van der Waals surface area contributed by atoms with Crippen molar-refractivity contribution >= 4 is 0 Å². The van der Waals surface area contributed by atoms with Crippen LogP contribution in [0.3, 0.4) is 0 Å². The van der Waals surface area contributed by atoms with Gasteiger partial charge in [-0.15, -0.1) is 0 Å². The zero-order valence-corrected chi connectivity index (χ0v) is 14.3. The minimum atomic E-state index is -0.894. The van der Waals surface area contributed by atoms with Gasteiger partial charge < -0.3 is 9.84 Å². The molecule has 0 aliphatic carbocycles. The van der Waals surface area contributed by atoms with Crippen molar-refractivity contribution < 1.29 is 14.2 Å². The van der Waals surface area contributed by atoms with E-state index in [1.54, 1.807) is 30.7 Å². The maximum Gasteiger partial charge on any atom is 0.188 e. The van der Waals surface area contributed by atoms with Crippen LogP contribution in [0.4, 0.5) is 4.39 Å². The molecule has 0 amide bonds. The molecule has 0 fully saturated rings. The Morgan fingerprint density at radius 3 is 2.48 bits per heavy atom. The number of aliphatic hydroxyl groups is 1. The zero-order chi connectivity index (χ0) is 17.3. The van der Waals surface area contributed by atoms with E-state index in [4.69, 9.17) is 4.74 Å². The smallest absolute Gasteiger partial charge is 0.188 e. The fourth-order valence-electron chi connectivity index (χ4n) is 2.19. The highest BCUT2D eigenvalue weighted by Gasteiger charge is 2.26. The predicted octanol–water partition coefficient (Wildman–Crippen LogP) is 3.06. The molecular formula is C17H24FN3O2. The maximum absolute atomic E-state index is 13.2. The fourth-order valence-corrected chi connectivity index (χ4v) is 2.19. The predicted molar refractivity (Wildman–Crippen MR) is 85.8 cm³/mol. The van der Waals surface area contributed by atoms with E-state index in [0.29, 0.717) is 18.1 Å². The first-order valence-corrected chi connectivity index (χ1v) is 7.59. The summed E-state index contributed by atoms with van der Waals surface area (Å²) < 4.78 is 20.4. The molecule has 0 unspecified atom stereocenters. The number of halogens is 1. The Kier molecular flexibility index (Phi) is 4.75. The van der Waals surface area contributed by atoms with Gasteiger partial charge in [0.25, 0.3) is 0 Å². The SMILES string of the molecule is CC(C)(O)Cn1nc(COc2cccc(F)c2)nc1C(C)(C)C. The van der Waals surface area contributed by atoms with Crippen molar-refractivity contribution in [3.05, 3.63) is 41.7 Å². The molecule has 0 bridgehead atoms. The number of benzene rings is 1. The highest BCUT2D eigenvalue weighted by Crippen LogP contribution is 2.22. The highest BCUT2D eigenvalue weighted by molar-refractivity contribution is 5.22. The third kappa shape index (κ3) is 5.03. The Hall–Kier alpha value is -1.95. The third-order valence-electron chi connectivity index (χ3n) is 3.09. The van der Waals surface area contributed by atoms with Gasteiger partial charge in [0.1, 0.15) is 24.0 Å². The van der Waals surface area contributed by atoms with E-state index in [0.717, 1.165) is 5.82 Å². The van der Waals surface area contributed by atoms with Gasteiger partial charge in [-0.05, 0) is 26.0 Å². The Labute approximate surface area is 136 Å². The lowest BCUT2D eigenvalue weighted by atomic mass is 9.95. The van der Waals surface area contributed by atoms with E-state index in [1.165, 1.54) is 12.1 Å². The van der Waals surface area contributed by atoms with Gasteiger partial charge in [0, 0.05) is 11.5 Å². The molecule has 126 valence electrons. The van der Waals surface area contributed by atoms with Gasteiger partial charge in [0.15, 0.2) is 5.82 Å². The van der Waals surface area contributed by atoms with Crippen molar-refractivity contribution in [2.75, 3.05) is 0 Å². The number of aromatic nitrogens is 3. The Balaban J connectivity index is 2.19. The monoisotopic (exact) mass is 321 g/mol. The molecule has 0 aliphatic rings. The van der Waals surface area contributed by atoms with Crippen LogP contribution in [0.1, 0.15) is 46.3 Å². The van der Waals surface area contributed by atoms with Crippen molar-refractivity contribution in [2.45, 2.75) is 58.8 Å². The minimum Gasteiger partial charge on any atom is -0.485 e. The van der Waals surface area contributed by atoms with E-state index >= 15 is 0 Å². The summed E-state index contributed by atoms with van der Waals surface area (Å²) in [6.45, 7) is 10.0. The summed E-state index contributed by atoms with van der Waals surface area (Å²) in [5.74, 6) is 1.36. The van der Waals surface area contributed by atoms with Crippen LogP contribution in [0, 0.1) is 5.82 Å². The van der Waals surface area contributed by atoms with E-state index in [-0.39, 0.29) is 17.8 Å². The summed E-state index contributed by atoms with van der Waals surface area (Å²) in [5, 5.41) is 14.5. The largest absolute Gasteiger partial charge is 0.485 e. The van der Waals surface area contributed by atoms with Crippen LogP contribution in [-0.2, 0) is 18.6 Å². The Bertz CT molecular complexity index is 669. The summed E-state index contributed by atoms with van der Waals surface area (Å²) in [4.78, 5) is 4.53. The molecule has 5 nitrogen and oxygen atoms in total. The lowest BCUT2D eigenvalue weighted by molar-refractivity contribution is 0.0555. The highest BCUT2D eigenvalue weighted by atomic mass is 19.1. The first-order chi connectivity index (χ1) is 10.5. The van der Waals surface area contributed by atoms with Crippen LogP contribution in [0.5, 0.6) is 5.75 Å². The molecule has 23 heavy (non-hydrogen) atoms. The first kappa shape index (κ1) is 17.4. The average Bonchev–Trinajstić information content (AvgIpc) is 2.77. The lowest BCUT2D eigenvalue weighted by Crippen LogP contribution is -2.30. The molecule has 0 atom stereocenters. The standard InChI is InChI=1S/C17H24FN3O2/c1-16(2,3)15-19-14(20-21(15)11-17(4,5)22)10-23-13-8-6-7-12(18)9-13/h6-9,22H,10-11H2,1-5H3. The van der Waals surface area contributed by atoms with Crippen LogP contribution < -0.4 is 4.74 Å². The Morgan fingerprint density at radius 1 is 1.22 bits per heavy atom. The van der Waals surface area contributed by atoms with Gasteiger partial charge in [0.05, 0.1) is 12.1 Å². The number of rotatable bonds is 5. The van der Waals surface area contributed by atoms with Gasteiger partial charge in [0.2, 0.25) is 0 Å². The van der Waals surface area contributed by atoms with Crippen molar-refractivity contribution in [3.8, 4) is 5.75 Å². The van der Waals surface area contributed by atoms with Crippen LogP contribution >= 0.6 is 0 Å². The van der Waals surface area contributed by atoms with Crippen LogP contribution in [0.2, 0.25) is 0 Å². The summed E-state index contributed by atoms with van der Waals surface area (Å²) in [5.41, 5.74) is -1.11. The van der Waals surface area contributed by atoms with Crippen molar-refractivity contribution in [1.82, 2.24) is 14.8 Å². The van der Waals surface area contributed by atoms with Crippen molar-refractivity contribution in [2.24, 2.45) is 0 Å². The van der Waals surface area contributed by atoms with Crippen molar-refractivity contribution in [1.29, 1.82) is 0 Å². The zero-order valence-electron chi connectivity index (χ0n) is 14.3. The molecule has 1 aromatic carbocycles. The molecule has 0 spiro atoms. The molecule has 2 aromatic rings. The molecule has 1 heterocycles. The topological polar surface area (TPSA) is 60.2 Å². The second-order valence-electron chi connectivity index (χ2n) is 7.32. The number of ether oxygens (including phenoxy) is 1. The molecular weight excluding hydrogens is 297 g/mol. The summed E-state index contributed by atoms with van der Waals surface area (Å²) in [6, 6.07) is 5.95. The normalized spacial score (nSPS) is 12.5. The molecule has 0 saturated carbocycles. The minimum absolute atomic E-state index is 0.144. The van der Waals surface area contributed by atoms with Gasteiger partial charge in [-0.25, -0.2) is 14.1 Å². The van der Waals surface area contributed by atoms with Crippen LogP contribution in [0.25, 0.3) is 0 Å².